The van der Waals surface area contributed by atoms with Gasteiger partial charge in [-0.05, 0) is 73.7 Å². The minimum atomic E-state index is -0.191. The van der Waals surface area contributed by atoms with E-state index in [9.17, 15) is 9.90 Å². The summed E-state index contributed by atoms with van der Waals surface area (Å²) in [6, 6.07) is 24.9. The van der Waals surface area contributed by atoms with Gasteiger partial charge >= 0.3 is 0 Å². The molecule has 3 aromatic carbocycles. The normalized spacial score (nSPS) is 12.6. The molecular weight excluding hydrogens is 486 g/mol. The van der Waals surface area contributed by atoms with Crippen LogP contribution in [0.1, 0.15) is 34.5 Å². The van der Waals surface area contributed by atoms with Crippen LogP contribution in [0.3, 0.4) is 0 Å². The molecule has 3 N–H and O–H groups in total. The molecule has 1 aliphatic rings. The minimum Gasteiger partial charge on any atom is -0.508 e. The highest BCUT2D eigenvalue weighted by Gasteiger charge is 2.22. The third-order valence-corrected chi connectivity index (χ3v) is 7.01. The van der Waals surface area contributed by atoms with Crippen LogP contribution < -0.4 is 10.6 Å². The molecule has 0 bridgehead atoms. The Kier molecular flexibility index (Phi) is 6.55. The van der Waals surface area contributed by atoms with E-state index in [4.69, 9.17) is 9.97 Å². The Balaban J connectivity index is 1.32. The number of phenols is 1. The lowest BCUT2D eigenvalue weighted by Gasteiger charge is -2.14. The van der Waals surface area contributed by atoms with Gasteiger partial charge in [0.15, 0.2) is 0 Å². The van der Waals surface area contributed by atoms with Gasteiger partial charge in [-0.25, -0.2) is 4.98 Å². The number of anilines is 2. The molecule has 5 aromatic rings. The standard InChI is InChI=1S/C32H29N5O2/c1-21-18-26-28(34-30(39)17-16-22-8-3-2-4-9-22)14-7-15-29(26)37(21)32-35-27-13-6-12-25(27)31(36-32)33-20-23-10-5-11-24(38)19-23/h2-5,7-11,14-19,38H,6,12-13,20H2,1H3,(H,34,39)(H,33,35,36)/b17-16+. The largest absolute Gasteiger partial charge is 0.508 e. The van der Waals surface area contributed by atoms with Crippen LogP contribution in [0.15, 0.2) is 84.9 Å². The predicted molar refractivity (Wildman–Crippen MR) is 155 cm³/mol. The van der Waals surface area contributed by atoms with Crippen molar-refractivity contribution >= 4 is 34.4 Å². The fourth-order valence-corrected chi connectivity index (χ4v) is 5.17. The van der Waals surface area contributed by atoms with Gasteiger partial charge in [-0.3, -0.25) is 9.36 Å². The monoisotopic (exact) mass is 515 g/mol. The van der Waals surface area contributed by atoms with Crippen LogP contribution in [0.5, 0.6) is 5.75 Å². The van der Waals surface area contributed by atoms with E-state index in [1.807, 2.05) is 72.2 Å². The number of amides is 1. The molecule has 0 atom stereocenters. The second-order valence-corrected chi connectivity index (χ2v) is 9.77. The maximum atomic E-state index is 12.7. The van der Waals surface area contributed by atoms with Gasteiger partial charge < -0.3 is 15.7 Å². The zero-order chi connectivity index (χ0) is 26.8. The molecule has 1 aliphatic carbocycles. The maximum absolute atomic E-state index is 12.7. The average molecular weight is 516 g/mol. The quantitative estimate of drug-likeness (QED) is 0.225. The van der Waals surface area contributed by atoms with Crippen LogP contribution in [0, 0.1) is 6.92 Å². The summed E-state index contributed by atoms with van der Waals surface area (Å²) in [6.45, 7) is 2.58. The van der Waals surface area contributed by atoms with Crippen molar-refractivity contribution in [2.75, 3.05) is 10.6 Å². The highest BCUT2D eigenvalue weighted by atomic mass is 16.3. The van der Waals surface area contributed by atoms with E-state index in [1.54, 1.807) is 24.3 Å². The third kappa shape index (κ3) is 5.11. The lowest BCUT2D eigenvalue weighted by atomic mass is 10.2. The van der Waals surface area contributed by atoms with Gasteiger partial charge in [-0.15, -0.1) is 0 Å². The molecule has 0 radical (unpaired) electrons. The van der Waals surface area contributed by atoms with Gasteiger partial charge in [0.25, 0.3) is 0 Å². The maximum Gasteiger partial charge on any atom is 0.248 e. The van der Waals surface area contributed by atoms with Crippen LogP contribution in [0.4, 0.5) is 11.5 Å². The number of rotatable bonds is 7. The second kappa shape index (κ2) is 10.5. The summed E-state index contributed by atoms with van der Waals surface area (Å²) in [5.74, 6) is 1.49. The number of nitrogens with zero attached hydrogens (tertiary/aromatic N) is 3. The number of phenolic OH excluding ortho intramolecular Hbond substituents is 1. The van der Waals surface area contributed by atoms with E-state index < -0.39 is 0 Å². The lowest BCUT2D eigenvalue weighted by Crippen LogP contribution is -2.11. The number of hydrogen-bond acceptors (Lipinski definition) is 5. The SMILES string of the molecule is Cc1cc2c(NC(=O)/C=C/c3ccccc3)cccc2n1-c1nc2c(c(NCc3cccc(O)c3)n1)CCC2. The Morgan fingerprint density at radius 3 is 2.69 bits per heavy atom. The summed E-state index contributed by atoms with van der Waals surface area (Å²) in [5, 5.41) is 17.3. The second-order valence-electron chi connectivity index (χ2n) is 9.77. The van der Waals surface area contributed by atoms with Crippen molar-refractivity contribution in [2.45, 2.75) is 32.7 Å². The van der Waals surface area contributed by atoms with Crippen molar-refractivity contribution in [3.63, 3.8) is 0 Å². The first-order valence-corrected chi connectivity index (χ1v) is 13.1. The smallest absolute Gasteiger partial charge is 0.248 e. The molecule has 0 fully saturated rings. The van der Waals surface area contributed by atoms with Crippen molar-refractivity contribution in [2.24, 2.45) is 0 Å². The van der Waals surface area contributed by atoms with Crippen molar-refractivity contribution in [1.29, 1.82) is 0 Å². The fraction of sp³-hybridized carbons (Fsp3) is 0.156. The first-order chi connectivity index (χ1) is 19.0. The van der Waals surface area contributed by atoms with Gasteiger partial charge in [0.1, 0.15) is 11.6 Å². The minimum absolute atomic E-state index is 0.191. The highest BCUT2D eigenvalue weighted by molar-refractivity contribution is 6.07. The molecule has 0 aliphatic heterocycles. The molecule has 0 saturated carbocycles. The number of carbonyl (C=O) groups excluding carboxylic acids is 1. The predicted octanol–water partition coefficient (Wildman–Crippen LogP) is 6.19. The van der Waals surface area contributed by atoms with E-state index >= 15 is 0 Å². The molecule has 39 heavy (non-hydrogen) atoms. The summed E-state index contributed by atoms with van der Waals surface area (Å²) in [6.07, 6.45) is 6.25. The van der Waals surface area contributed by atoms with Crippen LogP contribution >= 0.6 is 0 Å². The first kappa shape index (κ1) is 24.4. The Labute approximate surface area is 226 Å². The van der Waals surface area contributed by atoms with Gasteiger partial charge in [-0.2, -0.15) is 4.98 Å². The van der Waals surface area contributed by atoms with Crippen LogP contribution in [0.25, 0.3) is 22.9 Å². The number of aromatic nitrogens is 3. The van der Waals surface area contributed by atoms with Gasteiger partial charge in [0, 0.05) is 29.3 Å². The molecule has 0 spiro atoms. The van der Waals surface area contributed by atoms with Crippen molar-refractivity contribution in [3.05, 3.63) is 113 Å². The van der Waals surface area contributed by atoms with Crippen LogP contribution in [-0.4, -0.2) is 25.5 Å². The number of nitrogens with one attached hydrogen (secondary N) is 2. The Morgan fingerprint density at radius 2 is 1.85 bits per heavy atom. The Hall–Kier alpha value is -4.91. The first-order valence-electron chi connectivity index (χ1n) is 13.1. The van der Waals surface area contributed by atoms with Gasteiger partial charge in [-0.1, -0.05) is 48.5 Å². The number of carbonyl (C=O) groups is 1. The third-order valence-electron chi connectivity index (χ3n) is 7.01. The lowest BCUT2D eigenvalue weighted by molar-refractivity contribution is -0.111. The molecule has 7 nitrogen and oxygen atoms in total. The van der Waals surface area contributed by atoms with E-state index in [-0.39, 0.29) is 11.7 Å². The fourth-order valence-electron chi connectivity index (χ4n) is 5.17. The van der Waals surface area contributed by atoms with Crippen molar-refractivity contribution in [1.82, 2.24) is 14.5 Å². The number of fused-ring (bicyclic) bond motifs is 2. The van der Waals surface area contributed by atoms with Gasteiger partial charge in [0.05, 0.1) is 16.9 Å². The number of aryl methyl sites for hydroxylation is 2. The molecule has 6 rings (SSSR count). The van der Waals surface area contributed by atoms with E-state index in [0.717, 1.165) is 69.7 Å². The van der Waals surface area contributed by atoms with Crippen LogP contribution in [-0.2, 0) is 24.2 Å². The van der Waals surface area contributed by atoms with Crippen molar-refractivity contribution < 1.29 is 9.90 Å². The van der Waals surface area contributed by atoms with Crippen molar-refractivity contribution in [3.8, 4) is 11.7 Å². The van der Waals surface area contributed by atoms with E-state index in [2.05, 4.69) is 16.7 Å². The Bertz CT molecular complexity index is 1710. The Morgan fingerprint density at radius 1 is 1.00 bits per heavy atom. The summed E-state index contributed by atoms with van der Waals surface area (Å²) in [4.78, 5) is 22.7. The molecule has 7 heteroatoms. The van der Waals surface area contributed by atoms with E-state index in [0.29, 0.717) is 12.5 Å². The molecule has 1 amide bonds. The summed E-state index contributed by atoms with van der Waals surface area (Å²) in [5.41, 5.74) is 6.81. The molecule has 194 valence electrons. The molecule has 0 unspecified atom stereocenters. The number of hydrogen-bond donors (Lipinski definition) is 3. The number of aromatic hydroxyl groups is 1. The molecule has 0 saturated heterocycles. The van der Waals surface area contributed by atoms with Gasteiger partial charge in [0.2, 0.25) is 11.9 Å². The summed E-state index contributed by atoms with van der Waals surface area (Å²) < 4.78 is 2.04. The topological polar surface area (TPSA) is 92.1 Å². The molecular formula is C32H29N5O2. The summed E-state index contributed by atoms with van der Waals surface area (Å²) >= 11 is 0. The zero-order valence-electron chi connectivity index (χ0n) is 21.7. The van der Waals surface area contributed by atoms with E-state index in [1.165, 1.54) is 0 Å². The number of benzene rings is 3. The summed E-state index contributed by atoms with van der Waals surface area (Å²) in [7, 11) is 0. The van der Waals surface area contributed by atoms with Crippen LogP contribution in [0.2, 0.25) is 0 Å². The molecule has 2 heterocycles. The molecule has 2 aromatic heterocycles. The average Bonchev–Trinajstić information content (AvgIpc) is 3.55. The highest BCUT2D eigenvalue weighted by Crippen LogP contribution is 2.32. The zero-order valence-corrected chi connectivity index (χ0v) is 21.7.